The van der Waals surface area contributed by atoms with E-state index in [2.05, 4.69) is 4.90 Å². The molecule has 2 fully saturated rings. The average molecular weight is 436 g/mol. The number of aliphatic imine (C=N–C) groups is 1. The minimum absolute atomic E-state index is 0.206. The minimum Gasteiger partial charge on any atom is -0.325 e. The molecule has 0 spiro atoms. The number of amides is 3. The Bertz CT molecular complexity index is 1070. The van der Waals surface area contributed by atoms with Crippen molar-refractivity contribution >= 4 is 41.3 Å². The minimum atomic E-state index is -0.514. The number of hydrogen-bond acceptors (Lipinski definition) is 5. The number of benzene rings is 2. The highest BCUT2D eigenvalue weighted by Crippen LogP contribution is 2.33. The molecule has 3 amide bonds. The van der Waals surface area contributed by atoms with Gasteiger partial charge in [0.05, 0.1) is 0 Å². The van der Waals surface area contributed by atoms with E-state index >= 15 is 0 Å². The highest BCUT2D eigenvalue weighted by atomic mass is 35.5. The molecule has 3 aliphatic heterocycles. The highest BCUT2D eigenvalue weighted by Gasteiger charge is 2.54. The summed E-state index contributed by atoms with van der Waals surface area (Å²) in [6.07, 6.45) is 3.25. The van der Waals surface area contributed by atoms with Gasteiger partial charge in [-0.05, 0) is 29.8 Å². The second-order valence-electron chi connectivity index (χ2n) is 7.76. The molecular formula is C23H22ClN5O2. The van der Waals surface area contributed by atoms with E-state index in [1.54, 1.807) is 11.9 Å². The monoisotopic (exact) mass is 435 g/mol. The number of hydrogen-bond donors (Lipinski definition) is 0. The van der Waals surface area contributed by atoms with Crippen LogP contribution in [0.4, 0.5) is 10.5 Å². The fraction of sp³-hybridized carbons (Fsp3) is 0.261. The number of imide groups is 1. The molecule has 2 atom stereocenters. The van der Waals surface area contributed by atoms with Crippen LogP contribution in [-0.2, 0) is 4.79 Å². The Hall–Kier alpha value is -3.32. The van der Waals surface area contributed by atoms with Gasteiger partial charge in [0.15, 0.2) is 12.2 Å². The first-order valence-corrected chi connectivity index (χ1v) is 10.6. The highest BCUT2D eigenvalue weighted by molar-refractivity contribution is 6.30. The predicted molar refractivity (Wildman–Crippen MR) is 121 cm³/mol. The Labute approximate surface area is 185 Å². The summed E-state index contributed by atoms with van der Waals surface area (Å²) in [7, 11) is 1.71. The first-order valence-electron chi connectivity index (χ1n) is 10.2. The maximum absolute atomic E-state index is 13.3. The number of anilines is 1. The Morgan fingerprint density at radius 2 is 1.81 bits per heavy atom. The number of guanidine groups is 1. The molecule has 0 N–H and O–H groups in total. The molecule has 2 unspecified atom stereocenters. The Morgan fingerprint density at radius 3 is 2.55 bits per heavy atom. The summed E-state index contributed by atoms with van der Waals surface area (Å²) in [5, 5.41) is 0.668. The smallest absolute Gasteiger partial charge is 0.325 e. The Morgan fingerprint density at radius 1 is 1.06 bits per heavy atom. The van der Waals surface area contributed by atoms with Gasteiger partial charge < -0.3 is 14.7 Å². The number of likely N-dealkylation sites (N-methyl/N-ethyl adjacent to an activating group) is 1. The van der Waals surface area contributed by atoms with Crippen LogP contribution in [-0.4, -0.2) is 71.5 Å². The van der Waals surface area contributed by atoms with Gasteiger partial charge >= 0.3 is 6.03 Å². The number of nitrogens with zero attached hydrogens (tertiary/aromatic N) is 5. The molecule has 0 saturated carbocycles. The third-order valence-electron chi connectivity index (χ3n) is 5.91. The molecule has 3 aliphatic rings. The molecule has 0 radical (unpaired) electrons. The Kier molecular flexibility index (Phi) is 4.90. The second kappa shape index (κ2) is 7.74. The van der Waals surface area contributed by atoms with Gasteiger partial charge in [-0.15, -0.1) is 0 Å². The van der Waals surface area contributed by atoms with Crippen molar-refractivity contribution in [3.63, 3.8) is 0 Å². The summed E-state index contributed by atoms with van der Waals surface area (Å²) in [4.78, 5) is 38.0. The molecule has 0 aromatic heterocycles. The van der Waals surface area contributed by atoms with E-state index in [1.807, 2.05) is 71.6 Å². The SMILES string of the molecule is CN1C(=O)N(C/C=C/c2ccccc2)C(=O)C2C1N=C1N(c3ccc(Cl)cc3)CCN12. The molecule has 158 valence electrons. The second-order valence-corrected chi connectivity index (χ2v) is 8.20. The van der Waals surface area contributed by atoms with E-state index in [0.717, 1.165) is 23.8 Å². The van der Waals surface area contributed by atoms with Gasteiger partial charge in [0, 0.05) is 37.4 Å². The summed E-state index contributed by atoms with van der Waals surface area (Å²) < 4.78 is 0. The number of urea groups is 1. The normalized spacial score (nSPS) is 23.0. The quantitative estimate of drug-likeness (QED) is 0.740. The zero-order valence-corrected chi connectivity index (χ0v) is 17.8. The van der Waals surface area contributed by atoms with Crippen LogP contribution >= 0.6 is 11.6 Å². The first-order chi connectivity index (χ1) is 15.0. The van der Waals surface area contributed by atoms with Gasteiger partial charge in [-0.1, -0.05) is 54.1 Å². The molecule has 3 heterocycles. The maximum Gasteiger partial charge on any atom is 0.328 e. The van der Waals surface area contributed by atoms with Gasteiger partial charge in [-0.2, -0.15) is 0 Å². The molecule has 5 rings (SSSR count). The van der Waals surface area contributed by atoms with E-state index in [9.17, 15) is 9.59 Å². The summed E-state index contributed by atoms with van der Waals surface area (Å²) in [6, 6.07) is 16.5. The van der Waals surface area contributed by atoms with Crippen LogP contribution in [0.3, 0.4) is 0 Å². The zero-order chi connectivity index (χ0) is 21.5. The van der Waals surface area contributed by atoms with Crippen LogP contribution in [0.15, 0.2) is 65.7 Å². The van der Waals surface area contributed by atoms with E-state index in [0.29, 0.717) is 11.6 Å². The number of rotatable bonds is 4. The fourth-order valence-corrected chi connectivity index (χ4v) is 4.45. The molecule has 8 heteroatoms. The Balaban J connectivity index is 1.37. The molecule has 2 saturated heterocycles. The first kappa shape index (κ1) is 19.6. The molecule has 0 bridgehead atoms. The standard InChI is InChI=1S/C23H22ClN5O2/c1-26-20-19(21(30)29(23(26)31)13-5-8-16-6-3-2-4-7-16)28-15-14-27(22(28)25-20)18-11-9-17(24)10-12-18/h2-12,19-20H,13-15H2,1H3/b8-5+. The van der Waals surface area contributed by atoms with Gasteiger partial charge in [-0.3, -0.25) is 9.69 Å². The lowest BCUT2D eigenvalue weighted by Gasteiger charge is -2.40. The average Bonchev–Trinajstić information content (AvgIpc) is 3.35. The van der Waals surface area contributed by atoms with Crippen molar-refractivity contribution in [3.05, 3.63) is 71.3 Å². The van der Waals surface area contributed by atoms with Crippen molar-refractivity contribution < 1.29 is 9.59 Å². The molecule has 2 aromatic carbocycles. The van der Waals surface area contributed by atoms with Crippen LogP contribution in [0.25, 0.3) is 6.08 Å². The molecule has 2 aromatic rings. The zero-order valence-electron chi connectivity index (χ0n) is 17.1. The molecule has 0 aliphatic carbocycles. The number of carbonyl (C=O) groups is 2. The van der Waals surface area contributed by atoms with Crippen LogP contribution in [0.1, 0.15) is 5.56 Å². The molecule has 7 nitrogen and oxygen atoms in total. The van der Waals surface area contributed by atoms with Gasteiger partial charge in [0.1, 0.15) is 0 Å². The summed E-state index contributed by atoms with van der Waals surface area (Å²) in [5.41, 5.74) is 1.99. The molecule has 31 heavy (non-hydrogen) atoms. The van der Waals surface area contributed by atoms with Gasteiger partial charge in [-0.25, -0.2) is 9.79 Å². The van der Waals surface area contributed by atoms with Crippen LogP contribution in [0, 0.1) is 0 Å². The van der Waals surface area contributed by atoms with Crippen molar-refractivity contribution in [3.8, 4) is 0 Å². The lowest BCUT2D eigenvalue weighted by Crippen LogP contribution is -2.64. The van der Waals surface area contributed by atoms with Crippen molar-refractivity contribution in [1.82, 2.24) is 14.7 Å². The number of carbonyl (C=O) groups excluding carboxylic acids is 2. The number of fused-ring (bicyclic) bond motifs is 3. The van der Waals surface area contributed by atoms with Crippen molar-refractivity contribution in [2.45, 2.75) is 12.2 Å². The summed E-state index contributed by atoms with van der Waals surface area (Å²) in [6.45, 7) is 1.62. The summed E-state index contributed by atoms with van der Waals surface area (Å²) in [5.74, 6) is 0.523. The van der Waals surface area contributed by atoms with E-state index < -0.39 is 12.2 Å². The van der Waals surface area contributed by atoms with E-state index in [4.69, 9.17) is 16.6 Å². The topological polar surface area (TPSA) is 59.5 Å². The van der Waals surface area contributed by atoms with Crippen molar-refractivity contribution in [1.29, 1.82) is 0 Å². The van der Waals surface area contributed by atoms with Crippen LogP contribution in [0.5, 0.6) is 0 Å². The van der Waals surface area contributed by atoms with Gasteiger partial charge in [0.25, 0.3) is 5.91 Å². The fourth-order valence-electron chi connectivity index (χ4n) is 4.33. The number of halogens is 1. The maximum atomic E-state index is 13.3. The van der Waals surface area contributed by atoms with Crippen LogP contribution < -0.4 is 4.90 Å². The van der Waals surface area contributed by atoms with E-state index in [1.165, 1.54) is 4.90 Å². The van der Waals surface area contributed by atoms with E-state index in [-0.39, 0.29) is 18.5 Å². The van der Waals surface area contributed by atoms with Gasteiger partial charge in [0.2, 0.25) is 5.96 Å². The lowest BCUT2D eigenvalue weighted by atomic mass is 10.1. The van der Waals surface area contributed by atoms with Crippen molar-refractivity contribution in [2.24, 2.45) is 4.99 Å². The van der Waals surface area contributed by atoms with Crippen LogP contribution in [0.2, 0.25) is 5.02 Å². The largest absolute Gasteiger partial charge is 0.328 e. The third-order valence-corrected chi connectivity index (χ3v) is 6.17. The third kappa shape index (κ3) is 3.35. The summed E-state index contributed by atoms with van der Waals surface area (Å²) >= 11 is 6.02. The predicted octanol–water partition coefficient (Wildman–Crippen LogP) is 3.13. The van der Waals surface area contributed by atoms with Crippen molar-refractivity contribution in [2.75, 3.05) is 31.6 Å². The lowest BCUT2D eigenvalue weighted by molar-refractivity contribution is -0.136. The molecular weight excluding hydrogens is 414 g/mol.